The van der Waals surface area contributed by atoms with Gasteiger partial charge in [-0.25, -0.2) is 4.39 Å². The molecular weight excluding hydrogens is 233 g/mol. The molecule has 0 saturated carbocycles. The minimum Gasteiger partial charge on any atom is -0.487 e. The molecule has 4 heteroatoms. The molecule has 0 radical (unpaired) electrons. The summed E-state index contributed by atoms with van der Waals surface area (Å²) in [6.07, 6.45) is 2.57. The van der Waals surface area contributed by atoms with E-state index >= 15 is 0 Å². The van der Waals surface area contributed by atoms with Crippen molar-refractivity contribution in [1.29, 1.82) is 0 Å². The fourth-order valence-electron chi connectivity index (χ4n) is 2.04. The molecule has 0 amide bonds. The maximum atomic E-state index is 13.9. The van der Waals surface area contributed by atoms with Gasteiger partial charge in [0, 0.05) is 12.8 Å². The third-order valence-corrected chi connectivity index (χ3v) is 3.12. The van der Waals surface area contributed by atoms with Crippen molar-refractivity contribution in [3.8, 4) is 5.75 Å². The van der Waals surface area contributed by atoms with Crippen molar-refractivity contribution in [2.45, 2.75) is 25.4 Å². The fourth-order valence-corrected chi connectivity index (χ4v) is 2.04. The summed E-state index contributed by atoms with van der Waals surface area (Å²) in [4.78, 5) is 0. The number of hydrogen-bond acceptors (Lipinski definition) is 3. The first kappa shape index (κ1) is 13.3. The van der Waals surface area contributed by atoms with E-state index in [9.17, 15) is 4.39 Å². The van der Waals surface area contributed by atoms with Gasteiger partial charge in [-0.15, -0.1) is 0 Å². The SMILES string of the molecule is CNCCc1ccc(OC2CCOCC2)c(F)c1. The van der Waals surface area contributed by atoms with Gasteiger partial charge in [0.25, 0.3) is 0 Å². The van der Waals surface area contributed by atoms with Crippen LogP contribution in [0.3, 0.4) is 0 Å². The normalized spacial score (nSPS) is 16.8. The lowest BCUT2D eigenvalue weighted by atomic mass is 10.1. The van der Waals surface area contributed by atoms with Crippen molar-refractivity contribution in [2.24, 2.45) is 0 Å². The zero-order valence-corrected chi connectivity index (χ0v) is 10.7. The van der Waals surface area contributed by atoms with Crippen LogP contribution < -0.4 is 10.1 Å². The molecule has 1 aromatic rings. The summed E-state index contributed by atoms with van der Waals surface area (Å²) in [6.45, 7) is 2.25. The van der Waals surface area contributed by atoms with Crippen LogP contribution in [0, 0.1) is 5.82 Å². The minimum absolute atomic E-state index is 0.0800. The third-order valence-electron chi connectivity index (χ3n) is 3.12. The van der Waals surface area contributed by atoms with Gasteiger partial charge in [0.1, 0.15) is 6.10 Å². The van der Waals surface area contributed by atoms with Crippen LogP contribution in [0.25, 0.3) is 0 Å². The van der Waals surface area contributed by atoms with Gasteiger partial charge < -0.3 is 14.8 Å². The van der Waals surface area contributed by atoms with E-state index < -0.39 is 0 Å². The summed E-state index contributed by atoms with van der Waals surface area (Å²) in [5.41, 5.74) is 0.987. The second kappa shape index (κ2) is 6.71. The highest BCUT2D eigenvalue weighted by atomic mass is 19.1. The van der Waals surface area contributed by atoms with Crippen LogP contribution in [0.2, 0.25) is 0 Å². The van der Waals surface area contributed by atoms with Crippen molar-refractivity contribution < 1.29 is 13.9 Å². The van der Waals surface area contributed by atoms with Crippen molar-refractivity contribution in [1.82, 2.24) is 5.32 Å². The summed E-state index contributed by atoms with van der Waals surface area (Å²) in [5, 5.41) is 3.05. The number of benzene rings is 1. The molecule has 1 aromatic carbocycles. The second-order valence-electron chi connectivity index (χ2n) is 4.55. The zero-order chi connectivity index (χ0) is 12.8. The lowest BCUT2D eigenvalue weighted by Crippen LogP contribution is -2.26. The Morgan fingerprint density at radius 1 is 1.39 bits per heavy atom. The van der Waals surface area contributed by atoms with Gasteiger partial charge in [-0.3, -0.25) is 0 Å². The van der Waals surface area contributed by atoms with Crippen LogP contribution in [0.15, 0.2) is 18.2 Å². The van der Waals surface area contributed by atoms with Crippen molar-refractivity contribution in [3.63, 3.8) is 0 Å². The number of likely N-dealkylation sites (N-methyl/N-ethyl adjacent to an activating group) is 1. The van der Waals surface area contributed by atoms with Crippen molar-refractivity contribution in [3.05, 3.63) is 29.6 Å². The molecule has 1 aliphatic rings. The molecule has 0 spiro atoms. The molecule has 18 heavy (non-hydrogen) atoms. The van der Waals surface area contributed by atoms with Crippen LogP contribution in [-0.2, 0) is 11.2 Å². The Bertz CT molecular complexity index is 378. The standard InChI is InChI=1S/C14H20FNO2/c1-16-7-4-11-2-3-14(13(15)10-11)18-12-5-8-17-9-6-12/h2-3,10,12,16H,4-9H2,1H3. The smallest absolute Gasteiger partial charge is 0.165 e. The van der Waals surface area contributed by atoms with Crippen molar-refractivity contribution in [2.75, 3.05) is 26.8 Å². The van der Waals surface area contributed by atoms with E-state index in [1.807, 2.05) is 13.1 Å². The molecule has 0 bridgehead atoms. The molecule has 0 atom stereocenters. The second-order valence-corrected chi connectivity index (χ2v) is 4.55. The topological polar surface area (TPSA) is 30.5 Å². The summed E-state index contributed by atoms with van der Waals surface area (Å²) < 4.78 is 24.8. The quantitative estimate of drug-likeness (QED) is 0.872. The lowest BCUT2D eigenvalue weighted by Gasteiger charge is -2.23. The molecule has 3 nitrogen and oxygen atoms in total. The largest absolute Gasteiger partial charge is 0.487 e. The van der Waals surface area contributed by atoms with Crippen LogP contribution in [0.5, 0.6) is 5.75 Å². The van der Waals surface area contributed by atoms with E-state index in [1.54, 1.807) is 12.1 Å². The number of hydrogen-bond donors (Lipinski definition) is 1. The first-order valence-corrected chi connectivity index (χ1v) is 6.47. The number of nitrogens with one attached hydrogen (secondary N) is 1. The van der Waals surface area contributed by atoms with Gasteiger partial charge in [0.05, 0.1) is 13.2 Å². The molecule has 1 heterocycles. The maximum Gasteiger partial charge on any atom is 0.165 e. The number of ether oxygens (including phenoxy) is 2. The predicted octanol–water partition coefficient (Wildman–Crippen LogP) is 2.15. The monoisotopic (exact) mass is 253 g/mol. The predicted molar refractivity (Wildman–Crippen MR) is 68.5 cm³/mol. The number of rotatable bonds is 5. The lowest BCUT2D eigenvalue weighted by molar-refractivity contribution is 0.0240. The van der Waals surface area contributed by atoms with Gasteiger partial charge in [-0.1, -0.05) is 6.07 Å². The van der Waals surface area contributed by atoms with Gasteiger partial charge in [0.15, 0.2) is 11.6 Å². The molecule has 1 aliphatic heterocycles. The Labute approximate surface area is 107 Å². The van der Waals surface area contributed by atoms with Gasteiger partial charge in [0.2, 0.25) is 0 Å². The Morgan fingerprint density at radius 3 is 2.83 bits per heavy atom. The van der Waals surface area contributed by atoms with Crippen LogP contribution in [0.4, 0.5) is 4.39 Å². The number of halogens is 1. The average Bonchev–Trinajstić information content (AvgIpc) is 2.40. The molecule has 1 saturated heterocycles. The van der Waals surface area contributed by atoms with Gasteiger partial charge in [-0.05, 0) is 37.7 Å². The highest BCUT2D eigenvalue weighted by molar-refractivity contribution is 5.29. The Kier molecular flexibility index (Phi) is 4.96. The Balaban J connectivity index is 1.95. The van der Waals surface area contributed by atoms with Crippen LogP contribution in [0.1, 0.15) is 18.4 Å². The first-order chi connectivity index (χ1) is 8.79. The Morgan fingerprint density at radius 2 is 2.17 bits per heavy atom. The van der Waals surface area contributed by atoms with Crippen LogP contribution in [-0.4, -0.2) is 32.9 Å². The van der Waals surface area contributed by atoms with Crippen molar-refractivity contribution >= 4 is 0 Å². The average molecular weight is 253 g/mol. The van der Waals surface area contributed by atoms with E-state index in [1.165, 1.54) is 0 Å². The summed E-state index contributed by atoms with van der Waals surface area (Å²) in [7, 11) is 1.89. The molecule has 1 fully saturated rings. The third kappa shape index (κ3) is 3.68. The summed E-state index contributed by atoms with van der Waals surface area (Å²) >= 11 is 0. The molecule has 100 valence electrons. The van der Waals surface area contributed by atoms with E-state index in [2.05, 4.69) is 5.32 Å². The minimum atomic E-state index is -0.268. The highest BCUT2D eigenvalue weighted by Crippen LogP contribution is 2.22. The van der Waals surface area contributed by atoms with Gasteiger partial charge >= 0.3 is 0 Å². The van der Waals surface area contributed by atoms with E-state index in [0.29, 0.717) is 19.0 Å². The fraction of sp³-hybridized carbons (Fsp3) is 0.571. The molecule has 0 unspecified atom stereocenters. The molecule has 0 aromatic heterocycles. The Hall–Kier alpha value is -1.13. The highest BCUT2D eigenvalue weighted by Gasteiger charge is 2.17. The molecule has 2 rings (SSSR count). The van der Waals surface area contributed by atoms with E-state index in [0.717, 1.165) is 31.4 Å². The summed E-state index contributed by atoms with van der Waals surface area (Å²) in [6, 6.07) is 5.22. The van der Waals surface area contributed by atoms with Crippen LogP contribution >= 0.6 is 0 Å². The van der Waals surface area contributed by atoms with Gasteiger partial charge in [-0.2, -0.15) is 0 Å². The molecule has 1 N–H and O–H groups in total. The maximum absolute atomic E-state index is 13.9. The first-order valence-electron chi connectivity index (χ1n) is 6.47. The zero-order valence-electron chi connectivity index (χ0n) is 10.7. The van der Waals surface area contributed by atoms with E-state index in [4.69, 9.17) is 9.47 Å². The van der Waals surface area contributed by atoms with E-state index in [-0.39, 0.29) is 11.9 Å². The molecule has 0 aliphatic carbocycles. The molecular formula is C14H20FNO2. The summed E-state index contributed by atoms with van der Waals surface area (Å²) in [5.74, 6) is 0.0882.